The van der Waals surface area contributed by atoms with Crippen molar-refractivity contribution in [3.05, 3.63) is 48.0 Å². The van der Waals surface area contributed by atoms with Gasteiger partial charge >= 0.3 is 5.97 Å². The fraction of sp³-hybridized carbons (Fsp3) is 0.318. The Bertz CT molecular complexity index is 1490. The van der Waals surface area contributed by atoms with E-state index in [4.69, 9.17) is 4.74 Å². The smallest absolute Gasteiger partial charge is 0.337 e. The van der Waals surface area contributed by atoms with Crippen LogP contribution in [-0.2, 0) is 29.4 Å². The van der Waals surface area contributed by atoms with E-state index in [2.05, 4.69) is 10.3 Å². The summed E-state index contributed by atoms with van der Waals surface area (Å²) in [6.45, 7) is 0.327. The molecular formula is C22H23N3O7S3. The molecular weight excluding hydrogens is 514 g/mol. The van der Waals surface area contributed by atoms with Crippen LogP contribution in [0.25, 0.3) is 10.2 Å². The number of fused-ring (bicyclic) bond motifs is 1. The van der Waals surface area contributed by atoms with Gasteiger partial charge in [-0.05, 0) is 55.3 Å². The summed E-state index contributed by atoms with van der Waals surface area (Å²) in [5.41, 5.74) is 1.03. The molecule has 10 nitrogen and oxygen atoms in total. The molecule has 13 heteroatoms. The van der Waals surface area contributed by atoms with Crippen molar-refractivity contribution in [2.45, 2.75) is 22.6 Å². The van der Waals surface area contributed by atoms with Crippen molar-refractivity contribution in [2.24, 2.45) is 5.92 Å². The van der Waals surface area contributed by atoms with Gasteiger partial charge in [0.05, 0.1) is 32.7 Å². The minimum absolute atomic E-state index is 0.00796. The molecule has 1 aliphatic rings. The van der Waals surface area contributed by atoms with E-state index in [1.807, 2.05) is 0 Å². The predicted molar refractivity (Wildman–Crippen MR) is 131 cm³/mol. The largest absolute Gasteiger partial charge is 0.465 e. The number of nitrogens with one attached hydrogen (secondary N) is 1. The first-order valence-electron chi connectivity index (χ1n) is 10.6. The highest BCUT2D eigenvalue weighted by Crippen LogP contribution is 2.29. The molecule has 1 aliphatic heterocycles. The van der Waals surface area contributed by atoms with Crippen LogP contribution in [0.15, 0.2) is 52.3 Å². The monoisotopic (exact) mass is 537 g/mol. The maximum absolute atomic E-state index is 12.9. The van der Waals surface area contributed by atoms with Crippen LogP contribution >= 0.6 is 11.3 Å². The van der Waals surface area contributed by atoms with Crippen LogP contribution < -0.4 is 5.32 Å². The number of methoxy groups -OCH3 is 1. The van der Waals surface area contributed by atoms with Gasteiger partial charge in [-0.25, -0.2) is 26.6 Å². The number of nitrogens with zero attached hydrogens (tertiary/aromatic N) is 2. The van der Waals surface area contributed by atoms with Crippen LogP contribution in [0.4, 0.5) is 5.13 Å². The zero-order valence-electron chi connectivity index (χ0n) is 18.9. The molecule has 35 heavy (non-hydrogen) atoms. The molecule has 0 saturated carbocycles. The molecule has 2 aromatic carbocycles. The Labute approximate surface area is 206 Å². The van der Waals surface area contributed by atoms with Gasteiger partial charge in [0.25, 0.3) is 0 Å². The lowest BCUT2D eigenvalue weighted by Gasteiger charge is -2.30. The first-order chi connectivity index (χ1) is 16.5. The van der Waals surface area contributed by atoms with Crippen molar-refractivity contribution in [1.29, 1.82) is 0 Å². The Morgan fingerprint density at radius 3 is 2.26 bits per heavy atom. The molecule has 1 amide bonds. The number of hydrogen-bond acceptors (Lipinski definition) is 9. The number of hydrogen-bond donors (Lipinski definition) is 1. The average molecular weight is 538 g/mol. The third-order valence-corrected chi connectivity index (χ3v) is 9.73. The fourth-order valence-electron chi connectivity index (χ4n) is 3.80. The third kappa shape index (κ3) is 5.37. The Morgan fingerprint density at radius 2 is 1.66 bits per heavy atom. The van der Waals surface area contributed by atoms with E-state index in [-0.39, 0.29) is 34.7 Å². The molecule has 0 radical (unpaired) electrons. The summed E-state index contributed by atoms with van der Waals surface area (Å²) in [5, 5.41) is 3.19. The topological polar surface area (TPSA) is 140 Å². The highest BCUT2D eigenvalue weighted by atomic mass is 32.2. The number of amides is 1. The van der Waals surface area contributed by atoms with Crippen molar-refractivity contribution in [2.75, 3.05) is 31.8 Å². The first-order valence-corrected chi connectivity index (χ1v) is 14.7. The number of anilines is 1. The van der Waals surface area contributed by atoms with Gasteiger partial charge in [0.1, 0.15) is 0 Å². The second-order valence-corrected chi connectivity index (χ2v) is 13.1. The second kappa shape index (κ2) is 9.64. The van der Waals surface area contributed by atoms with Gasteiger partial charge in [0, 0.05) is 25.3 Å². The lowest BCUT2D eigenvalue weighted by molar-refractivity contribution is -0.120. The van der Waals surface area contributed by atoms with E-state index in [9.17, 15) is 26.4 Å². The quantitative estimate of drug-likeness (QED) is 0.473. The van der Waals surface area contributed by atoms with Crippen molar-refractivity contribution in [1.82, 2.24) is 9.29 Å². The van der Waals surface area contributed by atoms with E-state index >= 15 is 0 Å². The Balaban J connectivity index is 1.39. The molecule has 1 N–H and O–H groups in total. The van der Waals surface area contributed by atoms with Crippen LogP contribution in [0.5, 0.6) is 0 Å². The molecule has 4 rings (SSSR count). The van der Waals surface area contributed by atoms with E-state index in [0.717, 1.165) is 11.0 Å². The van der Waals surface area contributed by atoms with Crippen molar-refractivity contribution >= 4 is 58.4 Å². The second-order valence-electron chi connectivity index (χ2n) is 8.10. The molecule has 1 saturated heterocycles. The lowest BCUT2D eigenvalue weighted by Crippen LogP contribution is -2.41. The number of esters is 1. The highest BCUT2D eigenvalue weighted by molar-refractivity contribution is 7.90. The van der Waals surface area contributed by atoms with Gasteiger partial charge < -0.3 is 10.1 Å². The summed E-state index contributed by atoms with van der Waals surface area (Å²) in [7, 11) is -5.93. The summed E-state index contributed by atoms with van der Waals surface area (Å²) >= 11 is 1.24. The maximum atomic E-state index is 12.9. The number of rotatable bonds is 6. The Morgan fingerprint density at radius 1 is 1.03 bits per heavy atom. The summed E-state index contributed by atoms with van der Waals surface area (Å²) in [6, 6.07) is 10.0. The number of benzene rings is 2. The normalized spacial score (nSPS) is 15.7. The van der Waals surface area contributed by atoms with Crippen LogP contribution in [0.1, 0.15) is 23.2 Å². The minimum Gasteiger partial charge on any atom is -0.465 e. The van der Waals surface area contributed by atoms with E-state index in [1.165, 1.54) is 47.0 Å². The predicted octanol–water partition coefficient (Wildman–Crippen LogP) is 2.53. The highest BCUT2D eigenvalue weighted by Gasteiger charge is 2.32. The summed E-state index contributed by atoms with van der Waals surface area (Å²) in [6.07, 6.45) is 1.73. The van der Waals surface area contributed by atoms with Gasteiger partial charge in [0.2, 0.25) is 15.9 Å². The molecule has 186 valence electrons. The van der Waals surface area contributed by atoms with Gasteiger partial charge in [-0.1, -0.05) is 11.3 Å². The van der Waals surface area contributed by atoms with Crippen molar-refractivity contribution in [3.8, 4) is 0 Å². The molecule has 0 bridgehead atoms. The summed E-state index contributed by atoms with van der Waals surface area (Å²) < 4.78 is 55.9. The van der Waals surface area contributed by atoms with Crippen LogP contribution in [0, 0.1) is 5.92 Å². The zero-order valence-corrected chi connectivity index (χ0v) is 21.4. The van der Waals surface area contributed by atoms with Gasteiger partial charge in [-0.3, -0.25) is 4.79 Å². The molecule has 0 aliphatic carbocycles. The third-order valence-electron chi connectivity index (χ3n) is 5.75. The van der Waals surface area contributed by atoms with Crippen molar-refractivity contribution in [3.63, 3.8) is 0 Å². The minimum atomic E-state index is -3.80. The number of piperidine rings is 1. The molecule has 1 aromatic heterocycles. The van der Waals surface area contributed by atoms with E-state index < -0.39 is 25.8 Å². The molecule has 1 fully saturated rings. The Hall–Kier alpha value is -2.87. The molecule has 0 unspecified atom stereocenters. The number of sulfonamides is 1. The number of sulfone groups is 1. The maximum Gasteiger partial charge on any atom is 0.337 e. The molecule has 3 aromatic rings. The van der Waals surface area contributed by atoms with E-state index in [0.29, 0.717) is 29.1 Å². The summed E-state index contributed by atoms with van der Waals surface area (Å²) in [5.74, 6) is -1.09. The number of ether oxygens (including phenoxy) is 1. The summed E-state index contributed by atoms with van der Waals surface area (Å²) in [4.78, 5) is 28.9. The van der Waals surface area contributed by atoms with Crippen molar-refractivity contribution < 1.29 is 31.2 Å². The SMILES string of the molecule is COC(=O)c1ccc2nc(NC(=O)C3CCN(S(=O)(=O)c4ccc(S(C)(=O)=O)cc4)CC3)sc2c1. The standard InChI is InChI=1S/C22H23N3O7S3/c1-32-21(27)15-3-8-18-19(13-15)33-22(23-18)24-20(26)14-9-11-25(12-10-14)35(30,31)17-6-4-16(5-7-17)34(2,28)29/h3-8,13-14H,9-12H2,1-2H3,(H,23,24,26). The van der Waals surface area contributed by atoms with Crippen LogP contribution in [-0.4, -0.2) is 64.5 Å². The lowest BCUT2D eigenvalue weighted by atomic mass is 9.97. The zero-order chi connectivity index (χ0) is 25.4. The molecule has 0 atom stereocenters. The first kappa shape index (κ1) is 25.2. The number of carbonyl (C=O) groups is 2. The molecule has 2 heterocycles. The van der Waals surface area contributed by atoms with Gasteiger partial charge in [-0.2, -0.15) is 4.31 Å². The number of carbonyl (C=O) groups excluding carboxylic acids is 2. The Kier molecular flexibility index (Phi) is 6.95. The van der Waals surface area contributed by atoms with Crippen LogP contribution in [0.3, 0.4) is 0 Å². The van der Waals surface area contributed by atoms with E-state index in [1.54, 1.807) is 18.2 Å². The fourth-order valence-corrected chi connectivity index (χ4v) is 6.80. The number of thiazole rings is 1. The average Bonchev–Trinajstić information content (AvgIpc) is 3.24. The van der Waals surface area contributed by atoms with Gasteiger partial charge in [-0.15, -0.1) is 0 Å². The van der Waals surface area contributed by atoms with Gasteiger partial charge in [0.15, 0.2) is 15.0 Å². The van der Waals surface area contributed by atoms with Crippen LogP contribution in [0.2, 0.25) is 0 Å². The number of aromatic nitrogens is 1. The molecule has 0 spiro atoms.